The van der Waals surface area contributed by atoms with Crippen molar-refractivity contribution in [3.05, 3.63) is 48.0 Å². The van der Waals surface area contributed by atoms with E-state index in [2.05, 4.69) is 5.32 Å². The monoisotopic (exact) mass is 373 g/mol. The van der Waals surface area contributed by atoms with Gasteiger partial charge in [-0.1, -0.05) is 0 Å². The second-order valence-corrected chi connectivity index (χ2v) is 5.62. The molecule has 27 heavy (non-hydrogen) atoms. The fourth-order valence-corrected chi connectivity index (χ4v) is 2.36. The van der Waals surface area contributed by atoms with Crippen molar-refractivity contribution in [2.45, 2.75) is 19.8 Å². The molecular formula is C20H23NO6. The number of nitrogens with one attached hydrogen (secondary N) is 1. The van der Waals surface area contributed by atoms with E-state index in [1.54, 1.807) is 0 Å². The minimum absolute atomic E-state index is 0.0913. The highest BCUT2D eigenvalue weighted by atomic mass is 16.5. The van der Waals surface area contributed by atoms with Crippen LogP contribution in [0.4, 0.5) is 5.69 Å². The Morgan fingerprint density at radius 1 is 1.04 bits per heavy atom. The van der Waals surface area contributed by atoms with Gasteiger partial charge in [-0.3, -0.25) is 4.79 Å². The van der Waals surface area contributed by atoms with Gasteiger partial charge in [0.25, 0.3) is 0 Å². The first-order chi connectivity index (χ1) is 13.0. The van der Waals surface area contributed by atoms with Crippen LogP contribution in [-0.4, -0.2) is 37.3 Å². The van der Waals surface area contributed by atoms with Crippen molar-refractivity contribution in [3.63, 3.8) is 0 Å². The summed E-state index contributed by atoms with van der Waals surface area (Å²) in [6, 6.07) is 11.6. The topological polar surface area (TPSA) is 94.1 Å². The summed E-state index contributed by atoms with van der Waals surface area (Å²) in [5.74, 6) is 0.537. The zero-order chi connectivity index (χ0) is 19.6. The highest BCUT2D eigenvalue weighted by molar-refractivity contribution is 5.94. The zero-order valence-corrected chi connectivity index (χ0v) is 15.4. The lowest BCUT2D eigenvalue weighted by molar-refractivity contribution is -0.116. The minimum Gasteiger partial charge on any atom is -0.495 e. The lowest BCUT2D eigenvalue weighted by Crippen LogP contribution is -2.14. The first-order valence-electron chi connectivity index (χ1n) is 8.60. The molecule has 0 saturated carbocycles. The molecule has 0 aromatic heterocycles. The van der Waals surface area contributed by atoms with E-state index in [9.17, 15) is 9.59 Å². The van der Waals surface area contributed by atoms with Gasteiger partial charge in [-0.2, -0.15) is 0 Å². The number of carboxylic acids is 1. The van der Waals surface area contributed by atoms with Gasteiger partial charge in [0, 0.05) is 6.42 Å². The molecule has 0 aliphatic rings. The first kappa shape index (κ1) is 20.1. The second-order valence-electron chi connectivity index (χ2n) is 5.62. The second kappa shape index (κ2) is 10.1. The van der Waals surface area contributed by atoms with Crippen LogP contribution in [-0.2, 0) is 4.79 Å². The van der Waals surface area contributed by atoms with Crippen LogP contribution in [0.15, 0.2) is 42.5 Å². The molecule has 7 nitrogen and oxygen atoms in total. The van der Waals surface area contributed by atoms with Crippen molar-refractivity contribution in [2.75, 3.05) is 25.6 Å². The van der Waals surface area contributed by atoms with Gasteiger partial charge < -0.3 is 24.6 Å². The summed E-state index contributed by atoms with van der Waals surface area (Å²) in [6.45, 7) is 2.93. The Balaban J connectivity index is 1.78. The van der Waals surface area contributed by atoms with Crippen LogP contribution in [0, 0.1) is 0 Å². The predicted molar refractivity (Wildman–Crippen MR) is 101 cm³/mol. The number of hydrogen-bond donors (Lipinski definition) is 2. The molecule has 0 aliphatic carbocycles. The number of anilines is 1. The van der Waals surface area contributed by atoms with E-state index in [0.717, 1.165) is 5.75 Å². The zero-order valence-electron chi connectivity index (χ0n) is 15.4. The number of ether oxygens (including phenoxy) is 3. The highest BCUT2D eigenvalue weighted by Gasteiger charge is 2.11. The molecule has 2 N–H and O–H groups in total. The SMILES string of the molecule is CCOc1ccc(OCCCC(=O)Nc2ccc(C(=O)O)cc2OC)cc1. The molecule has 0 spiro atoms. The van der Waals surface area contributed by atoms with Crippen LogP contribution < -0.4 is 19.5 Å². The van der Waals surface area contributed by atoms with Gasteiger partial charge in [0.1, 0.15) is 17.2 Å². The van der Waals surface area contributed by atoms with Gasteiger partial charge in [0.2, 0.25) is 5.91 Å². The van der Waals surface area contributed by atoms with Crippen LogP contribution in [0.1, 0.15) is 30.1 Å². The van der Waals surface area contributed by atoms with E-state index in [-0.39, 0.29) is 17.9 Å². The van der Waals surface area contributed by atoms with Crippen LogP contribution >= 0.6 is 0 Å². The molecule has 2 rings (SSSR count). The predicted octanol–water partition coefficient (Wildman–Crippen LogP) is 3.59. The van der Waals surface area contributed by atoms with Gasteiger partial charge in [-0.05, 0) is 55.8 Å². The molecule has 2 aromatic carbocycles. The number of methoxy groups -OCH3 is 1. The number of carboxylic acid groups (broad SMARTS) is 1. The molecule has 0 heterocycles. The maximum Gasteiger partial charge on any atom is 0.335 e. The third-order valence-corrected chi connectivity index (χ3v) is 3.67. The number of hydrogen-bond acceptors (Lipinski definition) is 5. The molecule has 0 aliphatic heterocycles. The Hall–Kier alpha value is -3.22. The number of rotatable bonds is 10. The lowest BCUT2D eigenvalue weighted by Gasteiger charge is -2.11. The fraction of sp³-hybridized carbons (Fsp3) is 0.300. The van der Waals surface area contributed by atoms with Gasteiger partial charge in [0.15, 0.2) is 0 Å². The number of carbonyl (C=O) groups excluding carboxylic acids is 1. The Morgan fingerprint density at radius 2 is 1.70 bits per heavy atom. The molecule has 7 heteroatoms. The molecule has 0 atom stereocenters. The van der Waals surface area contributed by atoms with E-state index in [0.29, 0.717) is 36.8 Å². The van der Waals surface area contributed by atoms with E-state index in [1.165, 1.54) is 25.3 Å². The third kappa shape index (κ3) is 6.22. The average molecular weight is 373 g/mol. The standard InChI is InChI=1S/C20H23NO6/c1-3-26-15-7-9-16(10-8-15)27-12-4-5-19(22)21-17-11-6-14(20(23)24)13-18(17)25-2/h6-11,13H,3-5,12H2,1-2H3,(H,21,22)(H,23,24). The molecule has 0 radical (unpaired) electrons. The molecular weight excluding hydrogens is 350 g/mol. The van der Waals surface area contributed by atoms with Crippen molar-refractivity contribution in [3.8, 4) is 17.2 Å². The molecule has 0 fully saturated rings. The van der Waals surface area contributed by atoms with Crippen molar-refractivity contribution in [1.82, 2.24) is 0 Å². The molecule has 2 aromatic rings. The molecule has 0 bridgehead atoms. The minimum atomic E-state index is -1.06. The number of aromatic carboxylic acids is 1. The average Bonchev–Trinajstić information content (AvgIpc) is 2.67. The lowest BCUT2D eigenvalue weighted by atomic mass is 10.2. The quantitative estimate of drug-likeness (QED) is 0.618. The van der Waals surface area contributed by atoms with E-state index in [4.69, 9.17) is 19.3 Å². The van der Waals surface area contributed by atoms with E-state index < -0.39 is 5.97 Å². The van der Waals surface area contributed by atoms with Crippen molar-refractivity contribution in [1.29, 1.82) is 0 Å². The number of amides is 1. The summed E-state index contributed by atoms with van der Waals surface area (Å²) >= 11 is 0. The number of carbonyl (C=O) groups is 2. The van der Waals surface area contributed by atoms with Crippen LogP contribution in [0.2, 0.25) is 0 Å². The van der Waals surface area contributed by atoms with Crippen LogP contribution in [0.25, 0.3) is 0 Å². The molecule has 0 saturated heterocycles. The summed E-state index contributed by atoms with van der Waals surface area (Å²) in [7, 11) is 1.42. The van der Waals surface area contributed by atoms with Gasteiger partial charge in [0.05, 0.1) is 31.6 Å². The summed E-state index contributed by atoms with van der Waals surface area (Å²) in [4.78, 5) is 23.1. The maximum atomic E-state index is 12.1. The van der Waals surface area contributed by atoms with Gasteiger partial charge in [-0.15, -0.1) is 0 Å². The Kier molecular flexibility index (Phi) is 7.49. The third-order valence-electron chi connectivity index (χ3n) is 3.67. The Morgan fingerprint density at radius 3 is 2.30 bits per heavy atom. The largest absolute Gasteiger partial charge is 0.495 e. The van der Waals surface area contributed by atoms with Crippen molar-refractivity contribution < 1.29 is 28.9 Å². The van der Waals surface area contributed by atoms with Crippen molar-refractivity contribution in [2.24, 2.45) is 0 Å². The van der Waals surface area contributed by atoms with Crippen molar-refractivity contribution >= 4 is 17.6 Å². The van der Waals surface area contributed by atoms with Gasteiger partial charge >= 0.3 is 5.97 Å². The first-order valence-corrected chi connectivity index (χ1v) is 8.60. The van der Waals surface area contributed by atoms with E-state index >= 15 is 0 Å². The summed E-state index contributed by atoms with van der Waals surface area (Å²) < 4.78 is 16.1. The Labute approximate surface area is 157 Å². The van der Waals surface area contributed by atoms with E-state index in [1.807, 2.05) is 31.2 Å². The smallest absolute Gasteiger partial charge is 0.335 e. The van der Waals surface area contributed by atoms with Crippen LogP contribution in [0.5, 0.6) is 17.2 Å². The Bertz CT molecular complexity index is 773. The molecule has 144 valence electrons. The summed E-state index contributed by atoms with van der Waals surface area (Å²) in [5, 5.41) is 11.7. The van der Waals surface area contributed by atoms with Gasteiger partial charge in [-0.25, -0.2) is 4.79 Å². The highest BCUT2D eigenvalue weighted by Crippen LogP contribution is 2.26. The normalized spacial score (nSPS) is 10.1. The summed E-state index contributed by atoms with van der Waals surface area (Å²) in [6.07, 6.45) is 0.801. The molecule has 1 amide bonds. The van der Waals surface area contributed by atoms with Crippen LogP contribution in [0.3, 0.4) is 0 Å². The summed E-state index contributed by atoms with van der Waals surface area (Å²) in [5.41, 5.74) is 0.522. The fourth-order valence-electron chi connectivity index (χ4n) is 2.36. The molecule has 0 unspecified atom stereocenters. The number of benzene rings is 2. The maximum absolute atomic E-state index is 12.1.